The smallest absolute Gasteiger partial charge is 0.186 e. The molecular weight excluding hydrogens is 231 g/mol. The van der Waals surface area contributed by atoms with E-state index in [4.69, 9.17) is 0 Å². The minimum atomic E-state index is -0.283. The van der Waals surface area contributed by atoms with Crippen LogP contribution in [-0.2, 0) is 0 Å². The molecule has 1 aromatic heterocycles. The molecule has 1 aromatic rings. The largest absolute Gasteiger partial charge is 0.350 e. The van der Waals surface area contributed by atoms with E-state index in [0.29, 0.717) is 23.6 Å². The van der Waals surface area contributed by atoms with Crippen molar-refractivity contribution in [3.05, 3.63) is 17.8 Å². The van der Waals surface area contributed by atoms with E-state index < -0.39 is 0 Å². The minimum absolute atomic E-state index is 0.283. The quantitative estimate of drug-likeness (QED) is 0.888. The molecule has 100 valence electrons. The fraction of sp³-hybridized carbons (Fsp3) is 0.692. The van der Waals surface area contributed by atoms with Crippen molar-refractivity contribution in [1.82, 2.24) is 15.3 Å². The van der Waals surface area contributed by atoms with Crippen LogP contribution in [0.4, 0.5) is 10.2 Å². The van der Waals surface area contributed by atoms with Gasteiger partial charge in [-0.05, 0) is 19.8 Å². The fourth-order valence-corrected chi connectivity index (χ4v) is 2.34. The number of rotatable bonds is 4. The second-order valence-corrected chi connectivity index (χ2v) is 5.15. The molecule has 5 heteroatoms. The fourth-order valence-electron chi connectivity index (χ4n) is 2.34. The lowest BCUT2D eigenvalue weighted by atomic mass is 10.2. The van der Waals surface area contributed by atoms with Crippen LogP contribution in [0.5, 0.6) is 0 Å². The molecular formula is C13H21FN4. The van der Waals surface area contributed by atoms with Gasteiger partial charge in [-0.25, -0.2) is 14.4 Å². The van der Waals surface area contributed by atoms with Crippen molar-refractivity contribution in [1.29, 1.82) is 0 Å². The van der Waals surface area contributed by atoms with Gasteiger partial charge in [-0.2, -0.15) is 0 Å². The third-order valence-corrected chi connectivity index (χ3v) is 3.36. The van der Waals surface area contributed by atoms with E-state index in [1.54, 1.807) is 6.92 Å². The second kappa shape index (κ2) is 5.61. The lowest BCUT2D eigenvalue weighted by Crippen LogP contribution is -2.41. The molecule has 0 radical (unpaired) electrons. The minimum Gasteiger partial charge on any atom is -0.350 e. The van der Waals surface area contributed by atoms with Crippen LogP contribution in [0.25, 0.3) is 0 Å². The van der Waals surface area contributed by atoms with Crippen molar-refractivity contribution < 1.29 is 4.39 Å². The molecule has 0 saturated carbocycles. The average molecular weight is 252 g/mol. The van der Waals surface area contributed by atoms with Crippen molar-refractivity contribution in [2.24, 2.45) is 0 Å². The Balaban J connectivity index is 2.13. The summed E-state index contributed by atoms with van der Waals surface area (Å²) in [4.78, 5) is 10.1. The summed E-state index contributed by atoms with van der Waals surface area (Å²) in [6.45, 7) is 7.67. The van der Waals surface area contributed by atoms with Gasteiger partial charge in [0.05, 0.1) is 5.69 Å². The topological polar surface area (TPSA) is 41.1 Å². The Morgan fingerprint density at radius 1 is 1.50 bits per heavy atom. The van der Waals surface area contributed by atoms with Gasteiger partial charge in [-0.1, -0.05) is 13.8 Å². The molecule has 1 aliphatic rings. The summed E-state index contributed by atoms with van der Waals surface area (Å²) in [5.41, 5.74) is 0.419. The summed E-state index contributed by atoms with van der Waals surface area (Å²) in [7, 11) is 0. The first-order valence-corrected chi connectivity index (χ1v) is 6.56. The molecule has 2 heterocycles. The maximum atomic E-state index is 14.0. The Labute approximate surface area is 108 Å². The number of anilines is 1. The summed E-state index contributed by atoms with van der Waals surface area (Å²) >= 11 is 0. The number of nitrogens with zero attached hydrogens (tertiary/aromatic N) is 3. The standard InChI is InChI=1S/C13H21FN4/c1-9(2)15-7-11-5-4-6-18(11)13-12(14)10(3)16-8-17-13/h8-9,11,15H,4-7H2,1-3H3. The molecule has 1 fully saturated rings. The summed E-state index contributed by atoms with van der Waals surface area (Å²) in [6, 6.07) is 0.778. The Hall–Kier alpha value is -1.23. The van der Waals surface area contributed by atoms with E-state index >= 15 is 0 Å². The van der Waals surface area contributed by atoms with Crippen LogP contribution in [0.2, 0.25) is 0 Å². The number of halogens is 1. The highest BCUT2D eigenvalue weighted by Gasteiger charge is 2.28. The van der Waals surface area contributed by atoms with Crippen LogP contribution < -0.4 is 10.2 Å². The normalized spacial score (nSPS) is 19.8. The van der Waals surface area contributed by atoms with Crippen LogP contribution in [0, 0.1) is 12.7 Å². The van der Waals surface area contributed by atoms with Gasteiger partial charge in [0.15, 0.2) is 11.6 Å². The van der Waals surface area contributed by atoms with Crippen LogP contribution in [0.3, 0.4) is 0 Å². The van der Waals surface area contributed by atoms with Crippen molar-refractivity contribution in [3.8, 4) is 0 Å². The van der Waals surface area contributed by atoms with Gasteiger partial charge >= 0.3 is 0 Å². The molecule has 1 unspecified atom stereocenters. The molecule has 0 bridgehead atoms. The first-order chi connectivity index (χ1) is 8.59. The zero-order chi connectivity index (χ0) is 13.1. The lowest BCUT2D eigenvalue weighted by molar-refractivity contribution is 0.514. The Kier molecular flexibility index (Phi) is 4.11. The summed E-state index contributed by atoms with van der Waals surface area (Å²) in [6.07, 6.45) is 3.62. The third kappa shape index (κ3) is 2.77. The number of aromatic nitrogens is 2. The van der Waals surface area contributed by atoms with Crippen LogP contribution in [0.15, 0.2) is 6.33 Å². The van der Waals surface area contributed by atoms with E-state index in [2.05, 4.69) is 34.0 Å². The van der Waals surface area contributed by atoms with Gasteiger partial charge < -0.3 is 10.2 Å². The van der Waals surface area contributed by atoms with E-state index in [0.717, 1.165) is 25.9 Å². The first kappa shape index (κ1) is 13.2. The van der Waals surface area contributed by atoms with Gasteiger partial charge in [0.2, 0.25) is 0 Å². The van der Waals surface area contributed by atoms with Gasteiger partial charge in [0, 0.05) is 25.2 Å². The molecule has 0 spiro atoms. The Morgan fingerprint density at radius 3 is 3.00 bits per heavy atom. The molecule has 1 atom stereocenters. The third-order valence-electron chi connectivity index (χ3n) is 3.36. The highest BCUT2D eigenvalue weighted by molar-refractivity contribution is 5.43. The molecule has 18 heavy (non-hydrogen) atoms. The summed E-state index contributed by atoms with van der Waals surface area (Å²) in [5.74, 6) is 0.171. The van der Waals surface area contributed by atoms with E-state index in [1.807, 2.05) is 0 Å². The van der Waals surface area contributed by atoms with Crippen LogP contribution in [0.1, 0.15) is 32.4 Å². The number of hydrogen-bond acceptors (Lipinski definition) is 4. The van der Waals surface area contributed by atoms with Gasteiger partial charge in [0.1, 0.15) is 6.33 Å². The highest BCUT2D eigenvalue weighted by Crippen LogP contribution is 2.26. The zero-order valence-corrected chi connectivity index (χ0v) is 11.3. The molecule has 1 N–H and O–H groups in total. The maximum absolute atomic E-state index is 14.0. The lowest BCUT2D eigenvalue weighted by Gasteiger charge is -2.27. The van der Waals surface area contributed by atoms with Crippen molar-refractivity contribution >= 4 is 5.82 Å². The van der Waals surface area contributed by atoms with Gasteiger partial charge in [-0.15, -0.1) is 0 Å². The van der Waals surface area contributed by atoms with E-state index in [1.165, 1.54) is 6.33 Å². The maximum Gasteiger partial charge on any atom is 0.186 e. The first-order valence-electron chi connectivity index (χ1n) is 6.56. The number of aryl methyl sites for hydroxylation is 1. The monoisotopic (exact) mass is 252 g/mol. The summed E-state index contributed by atoms with van der Waals surface area (Å²) in [5, 5.41) is 3.41. The molecule has 0 aliphatic carbocycles. The predicted octanol–water partition coefficient (Wildman–Crippen LogP) is 1.89. The zero-order valence-electron chi connectivity index (χ0n) is 11.3. The van der Waals surface area contributed by atoms with Crippen molar-refractivity contribution in [3.63, 3.8) is 0 Å². The highest BCUT2D eigenvalue weighted by atomic mass is 19.1. The van der Waals surface area contributed by atoms with Gasteiger partial charge in [0.25, 0.3) is 0 Å². The van der Waals surface area contributed by atoms with Gasteiger partial charge in [-0.3, -0.25) is 0 Å². The van der Waals surface area contributed by atoms with E-state index in [9.17, 15) is 4.39 Å². The number of hydrogen-bond donors (Lipinski definition) is 1. The summed E-state index contributed by atoms with van der Waals surface area (Å²) < 4.78 is 14.0. The molecule has 2 rings (SSSR count). The average Bonchev–Trinajstić information content (AvgIpc) is 2.78. The predicted molar refractivity (Wildman–Crippen MR) is 70.2 cm³/mol. The number of nitrogens with one attached hydrogen (secondary N) is 1. The molecule has 1 saturated heterocycles. The van der Waals surface area contributed by atoms with Crippen LogP contribution in [-0.4, -0.2) is 35.1 Å². The van der Waals surface area contributed by atoms with Crippen molar-refractivity contribution in [2.75, 3.05) is 18.0 Å². The molecule has 4 nitrogen and oxygen atoms in total. The SMILES string of the molecule is Cc1ncnc(N2CCCC2CNC(C)C)c1F. The Bertz CT molecular complexity index is 408. The second-order valence-electron chi connectivity index (χ2n) is 5.15. The Morgan fingerprint density at radius 2 is 2.28 bits per heavy atom. The molecule has 0 amide bonds. The van der Waals surface area contributed by atoms with E-state index in [-0.39, 0.29) is 5.82 Å². The van der Waals surface area contributed by atoms with Crippen molar-refractivity contribution in [2.45, 2.75) is 45.7 Å². The molecule has 1 aliphatic heterocycles. The molecule has 0 aromatic carbocycles. The van der Waals surface area contributed by atoms with Crippen LogP contribution >= 0.6 is 0 Å².